The smallest absolute Gasteiger partial charge is 0.462 e. The van der Waals surface area contributed by atoms with Crippen LogP contribution in [0.1, 0.15) is 17.3 Å². The number of ether oxygens (including phenoxy) is 1. The zero-order chi connectivity index (χ0) is 18.8. The van der Waals surface area contributed by atoms with Crippen molar-refractivity contribution in [2.24, 2.45) is 0 Å². The molecule has 5 nitrogen and oxygen atoms in total. The van der Waals surface area contributed by atoms with Crippen molar-refractivity contribution in [3.8, 4) is 22.3 Å². The van der Waals surface area contributed by atoms with Crippen molar-refractivity contribution in [2.75, 3.05) is 6.61 Å². The fourth-order valence-electron chi connectivity index (χ4n) is 3.11. The van der Waals surface area contributed by atoms with Crippen LogP contribution in [0.25, 0.3) is 33.4 Å². The molecule has 4 aromatic rings. The maximum Gasteiger partial charge on any atom is 0.519 e. The minimum Gasteiger partial charge on any atom is -0.462 e. The highest BCUT2D eigenvalue weighted by molar-refractivity contribution is 6.04. The molecule has 0 bridgehead atoms. The van der Waals surface area contributed by atoms with Gasteiger partial charge in [-0.3, -0.25) is 0 Å². The van der Waals surface area contributed by atoms with Gasteiger partial charge in [0.2, 0.25) is 0 Å². The average Bonchev–Trinajstić information content (AvgIpc) is 3.09. The van der Waals surface area contributed by atoms with Crippen LogP contribution >= 0.6 is 0 Å². The molecular weight excluding hydrogens is 344 g/mol. The van der Waals surface area contributed by atoms with Crippen molar-refractivity contribution in [3.63, 3.8) is 0 Å². The van der Waals surface area contributed by atoms with Crippen LogP contribution in [0.3, 0.4) is 0 Å². The predicted octanol–water partition coefficient (Wildman–Crippen LogP) is 4.90. The van der Waals surface area contributed by atoms with E-state index in [1.807, 2.05) is 48.5 Å². The second kappa shape index (κ2) is 6.96. The highest BCUT2D eigenvalue weighted by atomic mass is 16.6. The SMILES string of the molecule is CCOC(=O)c1ccccc1-c1ccc(-c2ccccc2)c2oc(=O)oc12. The lowest BCUT2D eigenvalue weighted by atomic mass is 9.96. The van der Waals surface area contributed by atoms with Crippen LogP contribution < -0.4 is 5.82 Å². The lowest BCUT2D eigenvalue weighted by Crippen LogP contribution is -2.06. The summed E-state index contributed by atoms with van der Waals surface area (Å²) in [5, 5.41) is 0. The summed E-state index contributed by atoms with van der Waals surface area (Å²) in [7, 11) is 0. The molecule has 0 saturated heterocycles. The highest BCUT2D eigenvalue weighted by Crippen LogP contribution is 2.36. The summed E-state index contributed by atoms with van der Waals surface area (Å²) in [6.07, 6.45) is 0. The van der Waals surface area contributed by atoms with Gasteiger partial charge in [-0.05, 0) is 30.7 Å². The summed E-state index contributed by atoms with van der Waals surface area (Å²) in [5.74, 6) is -1.22. The molecule has 0 amide bonds. The lowest BCUT2D eigenvalue weighted by Gasteiger charge is -2.10. The molecule has 0 unspecified atom stereocenters. The molecular formula is C22H16O5. The normalized spacial score (nSPS) is 10.9. The third kappa shape index (κ3) is 3.04. The van der Waals surface area contributed by atoms with Crippen molar-refractivity contribution in [3.05, 3.63) is 82.9 Å². The predicted molar refractivity (Wildman–Crippen MR) is 102 cm³/mol. The van der Waals surface area contributed by atoms with E-state index in [4.69, 9.17) is 13.6 Å². The number of rotatable bonds is 4. The van der Waals surface area contributed by atoms with Crippen molar-refractivity contribution >= 4 is 17.1 Å². The molecule has 1 aromatic heterocycles. The van der Waals surface area contributed by atoms with Gasteiger partial charge < -0.3 is 13.6 Å². The Kier molecular flexibility index (Phi) is 4.34. The number of hydrogen-bond donors (Lipinski definition) is 0. The van der Waals surface area contributed by atoms with Crippen molar-refractivity contribution in [1.82, 2.24) is 0 Å². The zero-order valence-corrected chi connectivity index (χ0v) is 14.6. The van der Waals surface area contributed by atoms with E-state index in [0.29, 0.717) is 27.9 Å². The first-order valence-electron chi connectivity index (χ1n) is 8.57. The Bertz CT molecular complexity index is 1170. The molecule has 1 heterocycles. The molecule has 0 fully saturated rings. The van der Waals surface area contributed by atoms with Gasteiger partial charge in [-0.25, -0.2) is 9.59 Å². The van der Waals surface area contributed by atoms with Crippen LogP contribution in [-0.2, 0) is 4.74 Å². The molecule has 0 N–H and O–H groups in total. The monoisotopic (exact) mass is 360 g/mol. The number of hydrogen-bond acceptors (Lipinski definition) is 5. The molecule has 27 heavy (non-hydrogen) atoms. The average molecular weight is 360 g/mol. The fraction of sp³-hybridized carbons (Fsp3) is 0.0909. The summed E-state index contributed by atoms with van der Waals surface area (Å²) in [5.41, 5.74) is 3.91. The molecule has 0 atom stereocenters. The van der Waals surface area contributed by atoms with Crippen molar-refractivity contribution in [2.45, 2.75) is 6.92 Å². The summed E-state index contributed by atoms with van der Waals surface area (Å²) in [4.78, 5) is 24.2. The van der Waals surface area contributed by atoms with E-state index in [2.05, 4.69) is 0 Å². The first kappa shape index (κ1) is 16.8. The maximum atomic E-state index is 12.3. The number of esters is 1. The van der Waals surface area contributed by atoms with Gasteiger partial charge in [-0.1, -0.05) is 48.5 Å². The third-order valence-corrected chi connectivity index (χ3v) is 4.28. The van der Waals surface area contributed by atoms with Gasteiger partial charge in [0, 0.05) is 16.7 Å². The number of benzene rings is 3. The van der Waals surface area contributed by atoms with Gasteiger partial charge in [-0.15, -0.1) is 0 Å². The maximum absolute atomic E-state index is 12.3. The lowest BCUT2D eigenvalue weighted by molar-refractivity contribution is 0.0527. The van der Waals surface area contributed by atoms with Crippen molar-refractivity contribution in [1.29, 1.82) is 0 Å². The number of carbonyl (C=O) groups excluding carboxylic acids is 1. The van der Waals surface area contributed by atoms with Crippen LogP contribution in [0.15, 0.2) is 80.4 Å². The van der Waals surface area contributed by atoms with Gasteiger partial charge in [0.15, 0.2) is 11.2 Å². The topological polar surface area (TPSA) is 69.7 Å². The van der Waals surface area contributed by atoms with Crippen molar-refractivity contribution < 1.29 is 18.4 Å². The molecule has 0 saturated carbocycles. The van der Waals surface area contributed by atoms with Crippen LogP contribution in [-0.4, -0.2) is 12.6 Å². The van der Waals surface area contributed by atoms with Crippen LogP contribution in [0, 0.1) is 0 Å². The Morgan fingerprint density at radius 3 is 2.19 bits per heavy atom. The molecule has 3 aromatic carbocycles. The number of carbonyl (C=O) groups is 1. The Morgan fingerprint density at radius 2 is 1.44 bits per heavy atom. The molecule has 134 valence electrons. The van der Waals surface area contributed by atoms with Gasteiger partial charge in [0.05, 0.1) is 12.2 Å². The van der Waals surface area contributed by atoms with E-state index in [1.54, 1.807) is 25.1 Å². The second-order valence-corrected chi connectivity index (χ2v) is 5.91. The molecule has 0 aliphatic rings. The Morgan fingerprint density at radius 1 is 0.815 bits per heavy atom. The zero-order valence-electron chi connectivity index (χ0n) is 14.6. The van der Waals surface area contributed by atoms with E-state index in [9.17, 15) is 9.59 Å². The molecule has 5 heteroatoms. The van der Waals surface area contributed by atoms with Gasteiger partial charge in [0.25, 0.3) is 0 Å². The van der Waals surface area contributed by atoms with E-state index in [0.717, 1.165) is 11.1 Å². The van der Waals surface area contributed by atoms with E-state index >= 15 is 0 Å². The minimum atomic E-state index is -0.789. The Balaban J connectivity index is 1.96. The Hall–Kier alpha value is -3.60. The molecule has 0 spiro atoms. The van der Waals surface area contributed by atoms with Crippen LogP contribution in [0.2, 0.25) is 0 Å². The van der Waals surface area contributed by atoms with Gasteiger partial charge in [-0.2, -0.15) is 0 Å². The minimum absolute atomic E-state index is 0.274. The summed E-state index contributed by atoms with van der Waals surface area (Å²) >= 11 is 0. The first-order valence-corrected chi connectivity index (χ1v) is 8.57. The van der Waals surface area contributed by atoms with Crippen LogP contribution in [0.5, 0.6) is 0 Å². The number of fused-ring (bicyclic) bond motifs is 1. The molecule has 4 rings (SSSR count). The fourth-order valence-corrected chi connectivity index (χ4v) is 3.11. The standard InChI is InChI=1S/C22H16O5/c1-2-25-21(23)18-11-7-6-10-16(18)17-13-12-15(14-8-4-3-5-9-14)19-20(17)27-22(24)26-19/h3-13H,2H2,1H3. The first-order chi connectivity index (χ1) is 13.2. The summed E-state index contributed by atoms with van der Waals surface area (Å²) < 4.78 is 15.8. The van der Waals surface area contributed by atoms with Crippen LogP contribution in [0.4, 0.5) is 0 Å². The largest absolute Gasteiger partial charge is 0.519 e. The second-order valence-electron chi connectivity index (χ2n) is 5.91. The summed E-state index contributed by atoms with van der Waals surface area (Å²) in [6, 6.07) is 20.3. The Labute approximate surface area is 154 Å². The van der Waals surface area contributed by atoms with E-state index in [1.165, 1.54) is 0 Å². The van der Waals surface area contributed by atoms with Gasteiger partial charge >= 0.3 is 11.8 Å². The molecule has 0 aliphatic heterocycles. The quantitative estimate of drug-likeness (QED) is 0.484. The van der Waals surface area contributed by atoms with Gasteiger partial charge in [0.1, 0.15) is 0 Å². The van der Waals surface area contributed by atoms with E-state index < -0.39 is 11.8 Å². The molecule has 0 aliphatic carbocycles. The highest BCUT2D eigenvalue weighted by Gasteiger charge is 2.20. The van der Waals surface area contributed by atoms with E-state index in [-0.39, 0.29) is 6.61 Å². The summed E-state index contributed by atoms with van der Waals surface area (Å²) in [6.45, 7) is 2.03. The molecule has 0 radical (unpaired) electrons. The third-order valence-electron chi connectivity index (χ3n) is 4.28.